The van der Waals surface area contributed by atoms with Crippen molar-refractivity contribution in [3.8, 4) is 56.1 Å². The lowest BCUT2D eigenvalue weighted by atomic mass is 10.0. The number of para-hydroxylation sites is 6. The zero-order valence-corrected chi connectivity index (χ0v) is 53.6. The zero-order chi connectivity index (χ0) is 63.0. The first-order valence-corrected chi connectivity index (χ1v) is 34.4. The molecule has 21 aromatic rings. The number of rotatable bonds is 7. The Balaban J connectivity index is 0.000000132. The molecule has 0 aliphatic heterocycles. The summed E-state index contributed by atoms with van der Waals surface area (Å²) >= 11 is 3.74. The van der Waals surface area contributed by atoms with Crippen molar-refractivity contribution in [2.45, 2.75) is 0 Å². The second-order valence-corrected chi connectivity index (χ2v) is 27.3. The Morgan fingerprint density at radius 3 is 0.906 bits per heavy atom. The lowest BCUT2D eigenvalue weighted by Gasteiger charge is -2.10. The Kier molecular flexibility index (Phi) is 12.4. The number of nitrogens with zero attached hydrogens (tertiary/aromatic N) is 4. The summed E-state index contributed by atoms with van der Waals surface area (Å²) in [6, 6.07) is 124. The average Bonchev–Trinajstić information content (AvgIpc) is 1.60. The largest absolute Gasteiger partial charge is 0.309 e. The predicted molar refractivity (Wildman–Crippen MR) is 412 cm³/mol. The molecule has 0 unspecified atom stereocenters. The molecule has 6 heterocycles. The third-order valence-electron chi connectivity index (χ3n) is 19.8. The van der Waals surface area contributed by atoms with Crippen LogP contribution in [0.25, 0.3) is 184 Å². The van der Waals surface area contributed by atoms with E-state index in [9.17, 15) is 0 Å². The second-order valence-electron chi connectivity index (χ2n) is 25.1. The summed E-state index contributed by atoms with van der Waals surface area (Å²) in [7, 11) is 0. The molecular weight excluding hydrogens is 1200 g/mol. The molecule has 448 valence electrons. The van der Waals surface area contributed by atoms with Gasteiger partial charge in [0, 0.05) is 106 Å². The Morgan fingerprint density at radius 2 is 0.438 bits per heavy atom. The van der Waals surface area contributed by atoms with Crippen molar-refractivity contribution in [3.63, 3.8) is 0 Å². The van der Waals surface area contributed by atoms with E-state index in [4.69, 9.17) is 0 Å². The Labute approximate surface area is 560 Å². The molecule has 15 aromatic carbocycles. The van der Waals surface area contributed by atoms with Crippen LogP contribution in [0.15, 0.2) is 340 Å². The minimum atomic E-state index is 1.18. The highest BCUT2D eigenvalue weighted by atomic mass is 32.1. The highest BCUT2D eigenvalue weighted by Crippen LogP contribution is 2.44. The Hall–Kier alpha value is -12.1. The van der Waals surface area contributed by atoms with Crippen molar-refractivity contribution >= 4 is 150 Å². The number of fused-ring (bicyclic) bond motifs is 18. The quantitative estimate of drug-likeness (QED) is 0.152. The fraction of sp³-hybridized carbons (Fsp3) is 0. The average molecular weight is 1260 g/mol. The van der Waals surface area contributed by atoms with Gasteiger partial charge in [-0.05, 0) is 179 Å². The third kappa shape index (κ3) is 8.59. The lowest BCUT2D eigenvalue weighted by Crippen LogP contribution is -1.93. The molecule has 0 N–H and O–H groups in total. The van der Waals surface area contributed by atoms with Gasteiger partial charge in [0.2, 0.25) is 0 Å². The Morgan fingerprint density at radius 1 is 0.146 bits per heavy atom. The molecule has 0 atom stereocenters. The van der Waals surface area contributed by atoms with E-state index in [0.29, 0.717) is 0 Å². The van der Waals surface area contributed by atoms with Crippen molar-refractivity contribution in [3.05, 3.63) is 340 Å². The molecule has 0 aliphatic carbocycles. The van der Waals surface area contributed by atoms with Crippen LogP contribution in [0, 0.1) is 0 Å². The summed E-state index contributed by atoms with van der Waals surface area (Å²) in [5, 5.41) is 15.4. The number of thiophene rings is 2. The van der Waals surface area contributed by atoms with Gasteiger partial charge in [-0.25, -0.2) is 0 Å². The van der Waals surface area contributed by atoms with Crippen LogP contribution in [0.4, 0.5) is 0 Å². The number of hydrogen-bond donors (Lipinski definition) is 0. The van der Waals surface area contributed by atoms with E-state index in [1.165, 1.54) is 184 Å². The van der Waals surface area contributed by atoms with E-state index >= 15 is 0 Å². The summed E-state index contributed by atoms with van der Waals surface area (Å²) in [6.07, 6.45) is 0. The fourth-order valence-corrected chi connectivity index (χ4v) is 17.7. The van der Waals surface area contributed by atoms with Gasteiger partial charge in [0.1, 0.15) is 0 Å². The van der Waals surface area contributed by atoms with Crippen molar-refractivity contribution < 1.29 is 0 Å². The molecular formula is C90H56N4S2. The fourth-order valence-electron chi connectivity index (χ4n) is 15.4. The highest BCUT2D eigenvalue weighted by Gasteiger charge is 2.20. The molecule has 96 heavy (non-hydrogen) atoms. The molecule has 6 heteroatoms. The van der Waals surface area contributed by atoms with Crippen LogP contribution in [0.2, 0.25) is 0 Å². The van der Waals surface area contributed by atoms with Crippen LogP contribution in [0.1, 0.15) is 0 Å². The minimum absolute atomic E-state index is 1.18. The lowest BCUT2D eigenvalue weighted by molar-refractivity contribution is 1.18. The maximum atomic E-state index is 2.44. The van der Waals surface area contributed by atoms with Gasteiger partial charge < -0.3 is 18.3 Å². The number of benzene rings is 15. The van der Waals surface area contributed by atoms with E-state index in [1.807, 2.05) is 22.7 Å². The summed E-state index contributed by atoms with van der Waals surface area (Å²) in [5.74, 6) is 0. The molecule has 0 spiro atoms. The van der Waals surface area contributed by atoms with E-state index in [2.05, 4.69) is 358 Å². The van der Waals surface area contributed by atoms with Gasteiger partial charge in [-0.1, -0.05) is 194 Å². The van der Waals surface area contributed by atoms with Crippen LogP contribution in [-0.2, 0) is 0 Å². The molecule has 0 bridgehead atoms. The van der Waals surface area contributed by atoms with Gasteiger partial charge in [0.15, 0.2) is 0 Å². The zero-order valence-electron chi connectivity index (χ0n) is 51.9. The predicted octanol–water partition coefficient (Wildman–Crippen LogP) is 25.5. The van der Waals surface area contributed by atoms with Crippen molar-refractivity contribution in [1.29, 1.82) is 0 Å². The first-order valence-electron chi connectivity index (χ1n) is 32.8. The van der Waals surface area contributed by atoms with Gasteiger partial charge in [-0.3, -0.25) is 0 Å². The van der Waals surface area contributed by atoms with Crippen LogP contribution in [-0.4, -0.2) is 18.3 Å². The van der Waals surface area contributed by atoms with Gasteiger partial charge in [0.25, 0.3) is 0 Å². The van der Waals surface area contributed by atoms with Gasteiger partial charge >= 0.3 is 0 Å². The Bertz CT molecular complexity index is 6700. The van der Waals surface area contributed by atoms with Crippen LogP contribution >= 0.6 is 22.7 Å². The maximum Gasteiger partial charge on any atom is 0.0541 e. The van der Waals surface area contributed by atoms with Crippen LogP contribution in [0.3, 0.4) is 0 Å². The SMILES string of the molecule is c1ccc(-c2ccc3sc4ccc(-n5c6ccccc6c6cc(-c7ccc8c(c7)c7ccccc7n8-c7ccccc7)ccc65)cc4c3c2)cc1.c1ccc(-n2c3ccccc3c3cc(-c4ccc5c(c4)c4ccccc4n5-c4ccc5c(c4)sc4ccccc45)ccc32)cc1. The molecule has 0 saturated carbocycles. The van der Waals surface area contributed by atoms with E-state index in [1.54, 1.807) is 0 Å². The normalized spacial score (nSPS) is 12.0. The second kappa shape index (κ2) is 21.8. The molecule has 0 amide bonds. The summed E-state index contributed by atoms with van der Waals surface area (Å²) in [5.41, 5.74) is 21.9. The molecule has 0 saturated heterocycles. The van der Waals surface area contributed by atoms with Crippen molar-refractivity contribution in [2.75, 3.05) is 0 Å². The van der Waals surface area contributed by atoms with Gasteiger partial charge in [-0.2, -0.15) is 0 Å². The molecule has 21 rings (SSSR count). The standard InChI is InChI=1S/C48H30N2S.C42H26N2S/c1-3-11-31(12-4-1)32-21-25-47-41(29-32)42-30-36(22-26-48(42)51-47)50-44-18-10-8-16-38(44)40-28-34(20-24-46(40)50)33-19-23-45-39(27-33)37-15-7-9-17-43(37)49(45)35-13-5-2-6-14-35;1-2-10-29(11-3-1)43-37-15-7-4-12-31(37)35-24-27(18-22-39(35)43)28-19-23-40-36(25-28)32-13-5-8-16-38(32)44(40)30-20-21-34-33-14-6-9-17-41(33)45-42(34)26-30/h1-30H;1-26H. The van der Waals surface area contributed by atoms with Crippen molar-refractivity contribution in [2.24, 2.45) is 0 Å². The van der Waals surface area contributed by atoms with E-state index < -0.39 is 0 Å². The van der Waals surface area contributed by atoms with E-state index in [-0.39, 0.29) is 0 Å². The monoisotopic (exact) mass is 1260 g/mol. The van der Waals surface area contributed by atoms with Crippen LogP contribution < -0.4 is 0 Å². The van der Waals surface area contributed by atoms with Gasteiger partial charge in [0.05, 0.1) is 44.1 Å². The number of hydrogen-bond acceptors (Lipinski definition) is 2. The van der Waals surface area contributed by atoms with Gasteiger partial charge in [-0.15, -0.1) is 22.7 Å². The van der Waals surface area contributed by atoms with Crippen LogP contribution in [0.5, 0.6) is 0 Å². The molecule has 0 aliphatic rings. The summed E-state index contributed by atoms with van der Waals surface area (Å²) < 4.78 is 14.9. The molecule has 0 radical (unpaired) electrons. The summed E-state index contributed by atoms with van der Waals surface area (Å²) in [6.45, 7) is 0. The smallest absolute Gasteiger partial charge is 0.0541 e. The molecule has 6 aromatic heterocycles. The maximum absolute atomic E-state index is 2.44. The van der Waals surface area contributed by atoms with E-state index in [0.717, 1.165) is 0 Å². The first kappa shape index (κ1) is 54.5. The number of aromatic nitrogens is 4. The molecule has 4 nitrogen and oxygen atoms in total. The first-order chi connectivity index (χ1) is 47.6. The highest BCUT2D eigenvalue weighted by molar-refractivity contribution is 7.26. The third-order valence-corrected chi connectivity index (χ3v) is 22.1. The van der Waals surface area contributed by atoms with Crippen molar-refractivity contribution in [1.82, 2.24) is 18.3 Å². The topological polar surface area (TPSA) is 19.7 Å². The molecule has 0 fully saturated rings. The summed E-state index contributed by atoms with van der Waals surface area (Å²) in [4.78, 5) is 0. The minimum Gasteiger partial charge on any atom is -0.309 e.